The number of carboxylic acid groups (broad SMARTS) is 1. The van der Waals surface area contributed by atoms with Gasteiger partial charge in [-0.05, 0) is 56.0 Å². The van der Waals surface area contributed by atoms with E-state index in [0.717, 1.165) is 31.7 Å². The van der Waals surface area contributed by atoms with Gasteiger partial charge < -0.3 is 15.2 Å². The van der Waals surface area contributed by atoms with Crippen LogP contribution < -0.4 is 10.1 Å². The van der Waals surface area contributed by atoms with Crippen molar-refractivity contribution in [1.82, 2.24) is 4.90 Å². The van der Waals surface area contributed by atoms with Crippen LogP contribution in [-0.2, 0) is 9.59 Å². The van der Waals surface area contributed by atoms with Crippen LogP contribution in [0.5, 0.6) is 11.5 Å². The molecule has 1 amide bonds. The summed E-state index contributed by atoms with van der Waals surface area (Å²) in [7, 11) is 0. The lowest BCUT2D eigenvalue weighted by molar-refractivity contribution is -0.137. The van der Waals surface area contributed by atoms with Crippen LogP contribution in [0.25, 0.3) is 0 Å². The molecule has 1 aliphatic rings. The maximum absolute atomic E-state index is 12.4. The number of likely N-dealkylation sites (tertiary alicyclic amines) is 1. The second-order valence-electron chi connectivity index (χ2n) is 7.17. The molecule has 3 rings (SSSR count). The number of carbonyl (C=O) groups is 2. The summed E-state index contributed by atoms with van der Waals surface area (Å²) in [6.45, 7) is 1.96. The third kappa shape index (κ3) is 6.39. The first-order valence-electron chi connectivity index (χ1n) is 9.65. The van der Waals surface area contributed by atoms with Gasteiger partial charge in [0.05, 0.1) is 6.54 Å². The Morgan fingerprint density at radius 2 is 1.89 bits per heavy atom. The van der Waals surface area contributed by atoms with Gasteiger partial charge in [0.2, 0.25) is 5.91 Å². The number of para-hydroxylation sites is 1. The summed E-state index contributed by atoms with van der Waals surface area (Å²) in [6.07, 6.45) is 2.90. The zero-order valence-electron chi connectivity index (χ0n) is 15.8. The van der Waals surface area contributed by atoms with Crippen molar-refractivity contribution in [2.24, 2.45) is 5.92 Å². The van der Waals surface area contributed by atoms with E-state index in [0.29, 0.717) is 30.3 Å². The molecule has 6 heteroatoms. The molecule has 0 radical (unpaired) electrons. The number of carbonyl (C=O) groups excluding carboxylic acids is 1. The van der Waals surface area contributed by atoms with E-state index in [2.05, 4.69) is 10.2 Å². The molecule has 0 saturated carbocycles. The van der Waals surface area contributed by atoms with Gasteiger partial charge in [-0.15, -0.1) is 0 Å². The predicted molar refractivity (Wildman–Crippen MR) is 108 cm³/mol. The van der Waals surface area contributed by atoms with Gasteiger partial charge in [-0.2, -0.15) is 0 Å². The number of amides is 1. The number of hydrogen-bond donors (Lipinski definition) is 2. The molecule has 1 saturated heterocycles. The van der Waals surface area contributed by atoms with Gasteiger partial charge in [0.1, 0.15) is 11.5 Å². The number of carboxylic acids is 1. The first-order chi connectivity index (χ1) is 13.6. The molecule has 1 unspecified atom stereocenters. The highest BCUT2D eigenvalue weighted by molar-refractivity contribution is 5.92. The molecule has 1 fully saturated rings. The Balaban J connectivity index is 1.50. The van der Waals surface area contributed by atoms with E-state index >= 15 is 0 Å². The number of nitrogens with one attached hydrogen (secondary N) is 1. The topological polar surface area (TPSA) is 78.9 Å². The predicted octanol–water partition coefficient (Wildman–Crippen LogP) is 3.99. The van der Waals surface area contributed by atoms with E-state index in [4.69, 9.17) is 9.84 Å². The Labute approximate surface area is 165 Å². The number of aliphatic carboxylic acids is 1. The van der Waals surface area contributed by atoms with Crippen molar-refractivity contribution in [2.75, 3.05) is 25.0 Å². The Morgan fingerprint density at radius 1 is 1.11 bits per heavy atom. The highest BCUT2D eigenvalue weighted by Gasteiger charge is 2.22. The van der Waals surface area contributed by atoms with Crippen molar-refractivity contribution in [1.29, 1.82) is 0 Å². The molecule has 28 heavy (non-hydrogen) atoms. The highest BCUT2D eigenvalue weighted by Crippen LogP contribution is 2.24. The van der Waals surface area contributed by atoms with Gasteiger partial charge in [-0.25, -0.2) is 0 Å². The largest absolute Gasteiger partial charge is 0.481 e. The Morgan fingerprint density at radius 3 is 2.68 bits per heavy atom. The van der Waals surface area contributed by atoms with Crippen LogP contribution in [0.15, 0.2) is 54.6 Å². The lowest BCUT2D eigenvalue weighted by Gasteiger charge is -2.32. The molecule has 2 aromatic carbocycles. The van der Waals surface area contributed by atoms with E-state index in [1.165, 1.54) is 0 Å². The zero-order valence-corrected chi connectivity index (χ0v) is 15.8. The van der Waals surface area contributed by atoms with Crippen molar-refractivity contribution < 1.29 is 19.4 Å². The molecule has 0 spiro atoms. The van der Waals surface area contributed by atoms with Gasteiger partial charge in [-0.3, -0.25) is 14.5 Å². The van der Waals surface area contributed by atoms with Crippen molar-refractivity contribution in [2.45, 2.75) is 25.7 Å². The Kier molecular flexibility index (Phi) is 7.03. The fourth-order valence-electron chi connectivity index (χ4n) is 3.52. The number of hydrogen-bond acceptors (Lipinski definition) is 4. The molecular formula is C22H26N2O4. The minimum atomic E-state index is -0.757. The molecule has 2 N–H and O–H groups in total. The third-order valence-corrected chi connectivity index (χ3v) is 4.83. The number of benzene rings is 2. The third-order valence-electron chi connectivity index (χ3n) is 4.83. The van der Waals surface area contributed by atoms with Crippen molar-refractivity contribution >= 4 is 17.6 Å². The minimum Gasteiger partial charge on any atom is -0.481 e. The molecule has 0 bridgehead atoms. The van der Waals surface area contributed by atoms with Crippen LogP contribution in [0.2, 0.25) is 0 Å². The average molecular weight is 382 g/mol. The molecule has 0 aliphatic carbocycles. The van der Waals surface area contributed by atoms with E-state index < -0.39 is 5.97 Å². The van der Waals surface area contributed by atoms with E-state index in [1.807, 2.05) is 48.5 Å². The van der Waals surface area contributed by atoms with Gasteiger partial charge >= 0.3 is 5.97 Å². The van der Waals surface area contributed by atoms with Gasteiger partial charge in [0, 0.05) is 24.7 Å². The molecule has 1 heterocycles. The summed E-state index contributed by atoms with van der Waals surface area (Å²) in [4.78, 5) is 25.3. The minimum absolute atomic E-state index is 0.0734. The molecule has 148 valence electrons. The van der Waals surface area contributed by atoms with Gasteiger partial charge in [-0.1, -0.05) is 24.3 Å². The molecular weight excluding hydrogens is 356 g/mol. The summed E-state index contributed by atoms with van der Waals surface area (Å²) >= 11 is 0. The molecule has 1 atom stereocenters. The first-order valence-corrected chi connectivity index (χ1v) is 9.65. The summed E-state index contributed by atoms with van der Waals surface area (Å²) < 4.78 is 5.80. The summed E-state index contributed by atoms with van der Waals surface area (Å²) in [5.41, 5.74) is 0.692. The maximum atomic E-state index is 12.4. The molecule has 6 nitrogen and oxygen atoms in total. The first kappa shape index (κ1) is 19.9. The van der Waals surface area contributed by atoms with Crippen LogP contribution in [0.3, 0.4) is 0 Å². The monoisotopic (exact) mass is 382 g/mol. The summed E-state index contributed by atoms with van der Waals surface area (Å²) in [5.74, 6) is 0.922. The Hall–Kier alpha value is -2.86. The normalized spacial score (nSPS) is 17.1. The quantitative estimate of drug-likeness (QED) is 0.722. The van der Waals surface area contributed by atoms with Crippen LogP contribution in [-0.4, -0.2) is 41.5 Å². The average Bonchev–Trinajstić information content (AvgIpc) is 2.68. The van der Waals surface area contributed by atoms with Crippen LogP contribution in [0.4, 0.5) is 5.69 Å². The van der Waals surface area contributed by atoms with E-state index in [9.17, 15) is 9.59 Å². The van der Waals surface area contributed by atoms with Gasteiger partial charge in [0.25, 0.3) is 0 Å². The lowest BCUT2D eigenvalue weighted by Crippen LogP contribution is -2.40. The smallest absolute Gasteiger partial charge is 0.303 e. The van der Waals surface area contributed by atoms with E-state index in [-0.39, 0.29) is 12.3 Å². The second kappa shape index (κ2) is 9.90. The molecule has 1 aliphatic heterocycles. The standard InChI is InChI=1S/C22H26N2O4/c25-21(16-24-13-5-6-17(15-24)11-12-22(26)27)23-18-7-4-10-20(14-18)28-19-8-2-1-3-9-19/h1-4,7-10,14,17H,5-6,11-13,15-16H2,(H,23,25)(H,26,27). The number of piperidine rings is 1. The maximum Gasteiger partial charge on any atom is 0.303 e. The number of rotatable bonds is 8. The highest BCUT2D eigenvalue weighted by atomic mass is 16.5. The fourth-order valence-corrected chi connectivity index (χ4v) is 3.52. The SMILES string of the molecule is O=C(O)CCC1CCCN(CC(=O)Nc2cccc(Oc3ccccc3)c2)C1. The molecule has 0 aromatic heterocycles. The van der Waals surface area contributed by atoms with Crippen molar-refractivity contribution in [3.63, 3.8) is 0 Å². The summed E-state index contributed by atoms with van der Waals surface area (Å²) in [6, 6.07) is 16.8. The van der Waals surface area contributed by atoms with Crippen LogP contribution in [0.1, 0.15) is 25.7 Å². The summed E-state index contributed by atoms with van der Waals surface area (Å²) in [5, 5.41) is 11.8. The number of nitrogens with zero attached hydrogens (tertiary/aromatic N) is 1. The van der Waals surface area contributed by atoms with E-state index in [1.54, 1.807) is 6.07 Å². The van der Waals surface area contributed by atoms with Crippen LogP contribution >= 0.6 is 0 Å². The van der Waals surface area contributed by atoms with Crippen molar-refractivity contribution in [3.8, 4) is 11.5 Å². The number of ether oxygens (including phenoxy) is 1. The molecule has 2 aromatic rings. The zero-order chi connectivity index (χ0) is 19.8. The second-order valence-corrected chi connectivity index (χ2v) is 7.17. The lowest BCUT2D eigenvalue weighted by atomic mass is 9.93. The van der Waals surface area contributed by atoms with Crippen molar-refractivity contribution in [3.05, 3.63) is 54.6 Å². The Bertz CT molecular complexity index is 794. The number of anilines is 1. The fraction of sp³-hybridized carbons (Fsp3) is 0.364. The van der Waals surface area contributed by atoms with Crippen LogP contribution in [0, 0.1) is 5.92 Å². The van der Waals surface area contributed by atoms with Gasteiger partial charge in [0.15, 0.2) is 0 Å².